The van der Waals surface area contributed by atoms with Gasteiger partial charge in [-0.2, -0.15) is 0 Å². The van der Waals surface area contributed by atoms with Crippen LogP contribution in [-0.2, 0) is 10.2 Å². The molecule has 1 atom stereocenters. The molecule has 0 aliphatic carbocycles. The van der Waals surface area contributed by atoms with Crippen LogP contribution in [-0.4, -0.2) is 36.6 Å². The first-order valence-corrected chi connectivity index (χ1v) is 8.40. The van der Waals surface area contributed by atoms with Crippen LogP contribution in [0.25, 0.3) is 0 Å². The fraction of sp³-hybridized carbons (Fsp3) is 0.632. The van der Waals surface area contributed by atoms with Crippen molar-refractivity contribution in [2.75, 3.05) is 19.6 Å². The summed E-state index contributed by atoms with van der Waals surface area (Å²) in [5.74, 6) is -0.218. The van der Waals surface area contributed by atoms with Crippen molar-refractivity contribution >= 4 is 5.97 Å². The Balaban J connectivity index is 1.88. The fourth-order valence-electron chi connectivity index (χ4n) is 2.90. The van der Waals surface area contributed by atoms with Gasteiger partial charge in [-0.15, -0.1) is 0 Å². The van der Waals surface area contributed by atoms with Gasteiger partial charge >= 0.3 is 5.97 Å². The van der Waals surface area contributed by atoms with E-state index in [1.165, 1.54) is 24.8 Å². The molecule has 0 saturated carbocycles. The first kappa shape index (κ1) is 17.0. The van der Waals surface area contributed by atoms with Crippen LogP contribution in [0.1, 0.15) is 62.9 Å². The molecule has 0 radical (unpaired) electrons. The topological polar surface area (TPSA) is 29.5 Å². The average molecular weight is 303 g/mol. The van der Waals surface area contributed by atoms with Gasteiger partial charge in [0.25, 0.3) is 0 Å². The molecule has 1 saturated heterocycles. The van der Waals surface area contributed by atoms with Gasteiger partial charge in [0.1, 0.15) is 6.10 Å². The zero-order valence-electron chi connectivity index (χ0n) is 14.4. The highest BCUT2D eigenvalue weighted by Gasteiger charge is 2.18. The van der Waals surface area contributed by atoms with Crippen LogP contribution in [0.15, 0.2) is 24.3 Å². The average Bonchev–Trinajstić information content (AvgIpc) is 2.47. The van der Waals surface area contributed by atoms with Crippen molar-refractivity contribution in [3.05, 3.63) is 35.4 Å². The summed E-state index contributed by atoms with van der Waals surface area (Å²) in [6, 6.07) is 7.78. The number of hydrogen-bond donors (Lipinski definition) is 0. The monoisotopic (exact) mass is 303 g/mol. The Hall–Kier alpha value is -1.35. The van der Waals surface area contributed by atoms with E-state index in [0.29, 0.717) is 5.56 Å². The van der Waals surface area contributed by atoms with Gasteiger partial charge in [-0.05, 0) is 56.0 Å². The van der Waals surface area contributed by atoms with Crippen LogP contribution in [0, 0.1) is 0 Å². The van der Waals surface area contributed by atoms with Crippen molar-refractivity contribution in [2.24, 2.45) is 0 Å². The summed E-state index contributed by atoms with van der Waals surface area (Å²) in [5.41, 5.74) is 1.97. The Kier molecular flexibility index (Phi) is 5.63. The molecule has 3 nitrogen and oxygen atoms in total. The maximum Gasteiger partial charge on any atom is 0.338 e. The Labute approximate surface area is 134 Å². The number of hydrogen-bond acceptors (Lipinski definition) is 3. The number of likely N-dealkylation sites (tertiary alicyclic amines) is 1. The Morgan fingerprint density at radius 3 is 2.27 bits per heavy atom. The highest BCUT2D eigenvalue weighted by atomic mass is 16.5. The predicted molar refractivity (Wildman–Crippen MR) is 90.3 cm³/mol. The molecule has 1 heterocycles. The quantitative estimate of drug-likeness (QED) is 0.787. The third-order valence-corrected chi connectivity index (χ3v) is 4.26. The molecular weight excluding hydrogens is 274 g/mol. The lowest BCUT2D eigenvalue weighted by atomic mass is 9.87. The molecule has 0 aromatic heterocycles. The van der Waals surface area contributed by atoms with Crippen LogP contribution in [0.2, 0.25) is 0 Å². The molecule has 1 unspecified atom stereocenters. The zero-order valence-corrected chi connectivity index (χ0v) is 14.4. The van der Waals surface area contributed by atoms with E-state index in [4.69, 9.17) is 4.74 Å². The van der Waals surface area contributed by atoms with E-state index >= 15 is 0 Å². The van der Waals surface area contributed by atoms with Crippen molar-refractivity contribution < 1.29 is 9.53 Å². The summed E-state index contributed by atoms with van der Waals surface area (Å²) < 4.78 is 5.58. The van der Waals surface area contributed by atoms with Crippen LogP contribution < -0.4 is 0 Å². The Morgan fingerprint density at radius 1 is 1.14 bits per heavy atom. The fourth-order valence-corrected chi connectivity index (χ4v) is 2.90. The molecule has 2 rings (SSSR count). The van der Waals surface area contributed by atoms with E-state index in [-0.39, 0.29) is 17.5 Å². The van der Waals surface area contributed by atoms with Gasteiger partial charge in [0.05, 0.1) is 5.56 Å². The normalized spacial score (nSPS) is 18.0. The highest BCUT2D eigenvalue weighted by molar-refractivity contribution is 5.89. The van der Waals surface area contributed by atoms with E-state index in [1.807, 2.05) is 31.2 Å². The molecule has 3 heteroatoms. The maximum atomic E-state index is 12.2. The molecule has 122 valence electrons. The summed E-state index contributed by atoms with van der Waals surface area (Å²) >= 11 is 0. The summed E-state index contributed by atoms with van der Waals surface area (Å²) in [4.78, 5) is 14.6. The minimum absolute atomic E-state index is 0.0621. The van der Waals surface area contributed by atoms with Crippen molar-refractivity contribution in [2.45, 2.75) is 58.5 Å². The van der Waals surface area contributed by atoms with Crippen LogP contribution in [0.4, 0.5) is 0 Å². The number of piperidine rings is 1. The zero-order chi connectivity index (χ0) is 16.2. The van der Waals surface area contributed by atoms with Gasteiger partial charge in [0, 0.05) is 6.54 Å². The van der Waals surface area contributed by atoms with Crippen molar-refractivity contribution in [1.82, 2.24) is 4.90 Å². The maximum absolute atomic E-state index is 12.2. The number of rotatable bonds is 4. The van der Waals surface area contributed by atoms with E-state index < -0.39 is 0 Å². The molecule has 1 aliphatic rings. The van der Waals surface area contributed by atoms with Gasteiger partial charge in [-0.3, -0.25) is 4.90 Å². The van der Waals surface area contributed by atoms with Gasteiger partial charge in [0.2, 0.25) is 0 Å². The number of carbonyl (C=O) groups excluding carboxylic acids is 1. The second-order valence-electron chi connectivity index (χ2n) is 7.40. The van der Waals surface area contributed by atoms with Crippen LogP contribution >= 0.6 is 0 Å². The number of ether oxygens (including phenoxy) is 1. The predicted octanol–water partition coefficient (Wildman–Crippen LogP) is 4.02. The Morgan fingerprint density at radius 2 is 1.73 bits per heavy atom. The lowest BCUT2D eigenvalue weighted by molar-refractivity contribution is 0.0236. The molecule has 0 bridgehead atoms. The minimum Gasteiger partial charge on any atom is -0.458 e. The van der Waals surface area contributed by atoms with Gasteiger partial charge in [-0.1, -0.05) is 39.3 Å². The molecule has 1 aromatic rings. The summed E-state index contributed by atoms with van der Waals surface area (Å²) in [6.07, 6.45) is 3.78. The largest absolute Gasteiger partial charge is 0.458 e. The SMILES string of the molecule is CC(CN1CCCCC1)OC(=O)c1ccc(C(C)(C)C)cc1. The van der Waals surface area contributed by atoms with Gasteiger partial charge < -0.3 is 4.74 Å². The summed E-state index contributed by atoms with van der Waals surface area (Å²) in [5, 5.41) is 0. The lowest BCUT2D eigenvalue weighted by Gasteiger charge is -2.28. The molecule has 1 aliphatic heterocycles. The number of nitrogens with zero attached hydrogens (tertiary/aromatic N) is 1. The van der Waals surface area contributed by atoms with Crippen molar-refractivity contribution in [3.63, 3.8) is 0 Å². The molecular formula is C19H29NO2. The molecule has 0 N–H and O–H groups in total. The summed E-state index contributed by atoms with van der Waals surface area (Å²) in [7, 11) is 0. The van der Waals surface area contributed by atoms with Crippen LogP contribution in [0.3, 0.4) is 0 Å². The molecule has 22 heavy (non-hydrogen) atoms. The van der Waals surface area contributed by atoms with Gasteiger partial charge in [-0.25, -0.2) is 4.79 Å². The Bertz CT molecular complexity index is 481. The first-order chi connectivity index (χ1) is 10.4. The smallest absolute Gasteiger partial charge is 0.338 e. The number of esters is 1. The second kappa shape index (κ2) is 7.28. The van der Waals surface area contributed by atoms with Gasteiger partial charge in [0.15, 0.2) is 0 Å². The van der Waals surface area contributed by atoms with E-state index in [9.17, 15) is 4.79 Å². The second-order valence-corrected chi connectivity index (χ2v) is 7.40. The van der Waals surface area contributed by atoms with Crippen LogP contribution in [0.5, 0.6) is 0 Å². The van der Waals surface area contributed by atoms with Crippen molar-refractivity contribution in [3.8, 4) is 0 Å². The summed E-state index contributed by atoms with van der Waals surface area (Å²) in [6.45, 7) is 11.6. The molecule has 0 spiro atoms. The molecule has 1 aromatic carbocycles. The minimum atomic E-state index is -0.218. The third-order valence-electron chi connectivity index (χ3n) is 4.26. The number of benzene rings is 1. The molecule has 1 fully saturated rings. The van der Waals surface area contributed by atoms with Crippen molar-refractivity contribution in [1.29, 1.82) is 0 Å². The highest BCUT2D eigenvalue weighted by Crippen LogP contribution is 2.22. The van der Waals surface area contributed by atoms with E-state index in [2.05, 4.69) is 25.7 Å². The first-order valence-electron chi connectivity index (χ1n) is 8.40. The molecule has 0 amide bonds. The standard InChI is InChI=1S/C19H29NO2/c1-15(14-20-12-6-5-7-13-20)22-18(21)16-8-10-17(11-9-16)19(2,3)4/h8-11,15H,5-7,12-14H2,1-4H3. The number of carbonyl (C=O) groups is 1. The van der Waals surface area contributed by atoms with E-state index in [1.54, 1.807) is 0 Å². The lowest BCUT2D eigenvalue weighted by Crippen LogP contribution is -2.37. The van der Waals surface area contributed by atoms with E-state index in [0.717, 1.165) is 19.6 Å². The third kappa shape index (κ3) is 4.84.